The Bertz CT molecular complexity index is 1460. The highest BCUT2D eigenvalue weighted by Gasteiger charge is 2.19. The topological polar surface area (TPSA) is 28.7 Å². The van der Waals surface area contributed by atoms with Gasteiger partial charge in [-0.05, 0) is 87.0 Å². The van der Waals surface area contributed by atoms with Crippen molar-refractivity contribution >= 4 is 5.57 Å². The molecule has 0 unspecified atom stereocenters. The number of imidazole rings is 1. The van der Waals surface area contributed by atoms with Gasteiger partial charge in [0, 0.05) is 11.9 Å². The fourth-order valence-corrected chi connectivity index (χ4v) is 5.46. The van der Waals surface area contributed by atoms with Gasteiger partial charge in [0.2, 0.25) is 0 Å². The van der Waals surface area contributed by atoms with Crippen LogP contribution in [0.4, 0.5) is 0 Å². The van der Waals surface area contributed by atoms with Crippen molar-refractivity contribution in [3.05, 3.63) is 131 Å². The highest BCUT2D eigenvalue weighted by Crippen LogP contribution is 2.36. The van der Waals surface area contributed by atoms with Gasteiger partial charge in [-0.3, -0.25) is 0 Å². The van der Waals surface area contributed by atoms with Gasteiger partial charge in [-0.25, -0.2) is 4.98 Å². The molecule has 0 amide bonds. The largest absolute Gasteiger partial charge is 0.348 e. The van der Waals surface area contributed by atoms with E-state index >= 15 is 0 Å². The molecule has 61 heavy (non-hydrogen) atoms. The molecule has 1 aromatic heterocycles. The third kappa shape index (κ3) is 43.1. The number of H-pyrrole nitrogens is 1. The van der Waals surface area contributed by atoms with E-state index in [1.807, 2.05) is 61.6 Å². The second-order valence-electron chi connectivity index (χ2n) is 20.5. The van der Waals surface area contributed by atoms with Gasteiger partial charge < -0.3 is 4.98 Å². The first kappa shape index (κ1) is 66.7. The molecule has 1 N–H and O–H groups in total. The molecule has 5 rings (SSSR count). The molecule has 1 heterocycles. The summed E-state index contributed by atoms with van der Waals surface area (Å²) >= 11 is 0. The van der Waals surface area contributed by atoms with Gasteiger partial charge in [0.15, 0.2) is 0 Å². The van der Waals surface area contributed by atoms with Crippen molar-refractivity contribution in [2.75, 3.05) is 0 Å². The standard InChI is InChI=1S/C14H18.2C11H16.C8H14N2.C6H14.4C2H6.CH4/c1-14(2,3)10-12-9-8-11-6-4-5-7-13(11)12;2*1-11(2,3)9-10-7-5-4-6-8-10;1-8(2,3)4-7-5-9-6-10-7;1-5-6(2,3)4;4*1-2;/h4-7,9H,8,10H2,1-3H3;2*4-8H,9H2,1-3H3;5-6H,4H2,1-3H3,(H,9,10);5H2,1-4H3;4*1-2H3;1H4. The van der Waals surface area contributed by atoms with Crippen LogP contribution in [0, 0.1) is 27.1 Å². The van der Waals surface area contributed by atoms with Gasteiger partial charge >= 0.3 is 0 Å². The molecular formula is C59H106N2. The van der Waals surface area contributed by atoms with E-state index in [4.69, 9.17) is 0 Å². The molecule has 1 aliphatic carbocycles. The lowest BCUT2D eigenvalue weighted by atomic mass is 9.86. The maximum atomic E-state index is 3.95. The number of allylic oxidation sites excluding steroid dienone is 2. The third-order valence-corrected chi connectivity index (χ3v) is 8.14. The lowest BCUT2D eigenvalue weighted by Gasteiger charge is -2.19. The smallest absolute Gasteiger partial charge is 0.0921 e. The van der Waals surface area contributed by atoms with E-state index in [2.05, 4.69) is 212 Å². The quantitative estimate of drug-likeness (QED) is 0.218. The Morgan fingerprint density at radius 3 is 1.11 bits per heavy atom. The van der Waals surface area contributed by atoms with Gasteiger partial charge in [0.25, 0.3) is 0 Å². The number of rotatable bonds is 4. The molecule has 0 saturated heterocycles. The number of hydrogen-bond donors (Lipinski definition) is 1. The number of aromatic amines is 1. The molecule has 2 nitrogen and oxygen atoms in total. The molecule has 352 valence electrons. The summed E-state index contributed by atoms with van der Waals surface area (Å²) in [5.74, 6) is 0. The molecule has 0 atom stereocenters. The van der Waals surface area contributed by atoms with Crippen molar-refractivity contribution in [1.82, 2.24) is 9.97 Å². The summed E-state index contributed by atoms with van der Waals surface area (Å²) < 4.78 is 0. The Kier molecular flexibility index (Phi) is 39.5. The molecule has 0 fully saturated rings. The molecule has 1 aliphatic rings. The summed E-state index contributed by atoms with van der Waals surface area (Å²) in [7, 11) is 0. The zero-order valence-corrected chi connectivity index (χ0v) is 44.5. The second kappa shape index (κ2) is 36.1. The normalized spacial score (nSPS) is 11.2. The van der Waals surface area contributed by atoms with E-state index in [1.165, 1.54) is 46.4 Å². The Hall–Kier alpha value is -3.39. The fraction of sp³-hybridized carbons (Fsp3) is 0.610. The Labute approximate surface area is 384 Å². The van der Waals surface area contributed by atoms with Crippen molar-refractivity contribution in [3.8, 4) is 0 Å². The average Bonchev–Trinajstić information content (AvgIpc) is 3.84. The van der Waals surface area contributed by atoms with E-state index in [0.29, 0.717) is 27.1 Å². The molecule has 0 saturated carbocycles. The van der Waals surface area contributed by atoms with E-state index in [9.17, 15) is 0 Å². The van der Waals surface area contributed by atoms with Gasteiger partial charge in [-0.2, -0.15) is 0 Å². The van der Waals surface area contributed by atoms with Crippen LogP contribution in [0.2, 0.25) is 0 Å². The molecule has 0 spiro atoms. The van der Waals surface area contributed by atoms with E-state index < -0.39 is 0 Å². The van der Waals surface area contributed by atoms with Crippen molar-refractivity contribution in [2.24, 2.45) is 27.1 Å². The van der Waals surface area contributed by atoms with Crippen molar-refractivity contribution in [1.29, 1.82) is 0 Å². The molecule has 0 aliphatic heterocycles. The SMILES string of the molecule is C.CC.CC.CC.CC.CC(C)(C)CC1=CCc2ccccc21.CC(C)(C)Cc1ccccc1.CC(C)(C)Cc1ccccc1.CC(C)(C)Cc1cnc[nH]1.CCC(C)(C)C. The lowest BCUT2D eigenvalue weighted by Crippen LogP contribution is -2.09. The zero-order chi connectivity index (χ0) is 47.6. The Morgan fingerprint density at radius 2 is 0.803 bits per heavy atom. The summed E-state index contributed by atoms with van der Waals surface area (Å²) in [4.78, 5) is 7.03. The highest BCUT2D eigenvalue weighted by atomic mass is 14.9. The summed E-state index contributed by atoms with van der Waals surface area (Å²) in [6.07, 6.45) is 13.0. The van der Waals surface area contributed by atoms with Crippen molar-refractivity contribution < 1.29 is 0 Å². The summed E-state index contributed by atoms with van der Waals surface area (Å²) in [5, 5.41) is 0. The van der Waals surface area contributed by atoms with Gasteiger partial charge in [-0.1, -0.05) is 271 Å². The molecule has 0 bridgehead atoms. The van der Waals surface area contributed by atoms with Gasteiger partial charge in [0.1, 0.15) is 0 Å². The average molecular weight is 844 g/mol. The van der Waals surface area contributed by atoms with Crippen molar-refractivity contribution in [2.45, 2.75) is 212 Å². The molecule has 3 aromatic carbocycles. The predicted octanol–water partition coefficient (Wildman–Crippen LogP) is 19.8. The second-order valence-corrected chi connectivity index (χ2v) is 20.5. The summed E-state index contributed by atoms with van der Waals surface area (Å²) in [6, 6.07) is 30.0. The number of fused-ring (bicyclic) bond motifs is 1. The Morgan fingerprint density at radius 1 is 0.459 bits per heavy atom. The number of nitrogens with zero attached hydrogens (tertiary/aromatic N) is 1. The van der Waals surface area contributed by atoms with E-state index in [1.54, 1.807) is 6.33 Å². The van der Waals surface area contributed by atoms with Crippen LogP contribution in [0.25, 0.3) is 5.57 Å². The third-order valence-electron chi connectivity index (χ3n) is 8.14. The minimum atomic E-state index is 0. The molecule has 2 heteroatoms. The number of nitrogens with one attached hydrogen (secondary N) is 1. The van der Waals surface area contributed by atoms with Gasteiger partial charge in [0.05, 0.1) is 6.33 Å². The minimum absolute atomic E-state index is 0. The lowest BCUT2D eigenvalue weighted by molar-refractivity contribution is 0.398. The molecular weight excluding hydrogens is 737 g/mol. The fourth-order valence-electron chi connectivity index (χ4n) is 5.46. The van der Waals surface area contributed by atoms with Crippen molar-refractivity contribution in [3.63, 3.8) is 0 Å². The van der Waals surface area contributed by atoms with E-state index in [-0.39, 0.29) is 7.43 Å². The predicted molar refractivity (Wildman–Crippen MR) is 285 cm³/mol. The first-order valence-electron chi connectivity index (χ1n) is 23.7. The van der Waals surface area contributed by atoms with Gasteiger partial charge in [-0.15, -0.1) is 0 Å². The molecule has 0 radical (unpaired) electrons. The van der Waals surface area contributed by atoms with Crippen LogP contribution in [0.3, 0.4) is 0 Å². The van der Waals surface area contributed by atoms with E-state index in [0.717, 1.165) is 25.7 Å². The summed E-state index contributed by atoms with van der Waals surface area (Å²) in [5.41, 5.74) is 10.7. The summed E-state index contributed by atoms with van der Waals surface area (Å²) in [6.45, 7) is 52.1. The highest BCUT2D eigenvalue weighted by molar-refractivity contribution is 5.73. The zero-order valence-electron chi connectivity index (χ0n) is 44.5. The first-order chi connectivity index (χ1) is 27.9. The van der Waals surface area contributed by atoms with Crippen LogP contribution in [-0.4, -0.2) is 9.97 Å². The van der Waals surface area contributed by atoms with Crippen LogP contribution < -0.4 is 0 Å². The maximum Gasteiger partial charge on any atom is 0.0921 e. The van der Waals surface area contributed by atoms with Crippen LogP contribution in [0.15, 0.2) is 104 Å². The maximum absolute atomic E-state index is 3.95. The monoisotopic (exact) mass is 843 g/mol. The molecule has 4 aromatic rings. The Balaban J connectivity index is -0.000000208. The van der Waals surface area contributed by atoms with Crippen LogP contribution in [0.5, 0.6) is 0 Å². The number of aromatic nitrogens is 2. The first-order valence-corrected chi connectivity index (χ1v) is 23.7. The number of hydrogen-bond acceptors (Lipinski definition) is 1. The van der Waals surface area contributed by atoms with Crippen LogP contribution >= 0.6 is 0 Å². The minimum Gasteiger partial charge on any atom is -0.348 e. The van der Waals surface area contributed by atoms with Crippen LogP contribution in [-0.2, 0) is 25.7 Å². The number of benzene rings is 3. The van der Waals surface area contributed by atoms with Crippen LogP contribution in [0.1, 0.15) is 214 Å².